The highest BCUT2D eigenvalue weighted by Gasteiger charge is 2.18. The highest BCUT2D eigenvalue weighted by atomic mass is 35.5. The van der Waals surface area contributed by atoms with Gasteiger partial charge in [0.05, 0.1) is 11.0 Å². The molecule has 24 heavy (non-hydrogen) atoms. The van der Waals surface area contributed by atoms with Crippen molar-refractivity contribution in [1.29, 1.82) is 0 Å². The van der Waals surface area contributed by atoms with Gasteiger partial charge < -0.3 is 5.32 Å². The summed E-state index contributed by atoms with van der Waals surface area (Å²) in [6.45, 7) is 0. The molecule has 0 unspecified atom stereocenters. The van der Waals surface area contributed by atoms with E-state index in [0.717, 1.165) is 29.6 Å². The number of nitrogens with zero attached hydrogens (tertiary/aromatic N) is 2. The largest absolute Gasteiger partial charge is 0.349 e. The first-order chi connectivity index (χ1) is 11.7. The predicted molar refractivity (Wildman–Crippen MR) is 95.8 cm³/mol. The number of amides is 1. The van der Waals surface area contributed by atoms with Crippen LogP contribution in [0.25, 0.3) is 16.7 Å². The van der Waals surface area contributed by atoms with Crippen molar-refractivity contribution >= 4 is 28.5 Å². The van der Waals surface area contributed by atoms with Crippen LogP contribution in [-0.4, -0.2) is 21.5 Å². The first-order valence-electron chi connectivity index (χ1n) is 8.24. The lowest BCUT2D eigenvalue weighted by Gasteiger charge is -2.12. The van der Waals surface area contributed by atoms with Gasteiger partial charge in [0.1, 0.15) is 6.33 Å². The molecular weight excluding hydrogens is 322 g/mol. The number of benzene rings is 2. The van der Waals surface area contributed by atoms with E-state index in [1.807, 2.05) is 47.0 Å². The van der Waals surface area contributed by atoms with Crippen LogP contribution in [0.3, 0.4) is 0 Å². The molecule has 122 valence electrons. The van der Waals surface area contributed by atoms with Crippen LogP contribution in [0.2, 0.25) is 5.02 Å². The number of hydrogen-bond donors (Lipinski definition) is 1. The van der Waals surface area contributed by atoms with Gasteiger partial charge in [0, 0.05) is 22.3 Å². The molecule has 1 aliphatic rings. The number of nitrogens with one attached hydrogen (secondary N) is 1. The van der Waals surface area contributed by atoms with Crippen LogP contribution in [0.4, 0.5) is 0 Å². The van der Waals surface area contributed by atoms with Gasteiger partial charge >= 0.3 is 0 Å². The predicted octanol–water partition coefficient (Wildman–Crippen LogP) is 4.35. The second-order valence-corrected chi connectivity index (χ2v) is 6.69. The summed E-state index contributed by atoms with van der Waals surface area (Å²) in [5, 5.41) is 3.80. The number of imidazole rings is 1. The number of hydrogen-bond acceptors (Lipinski definition) is 2. The third-order valence-electron chi connectivity index (χ3n) is 4.59. The minimum absolute atomic E-state index is 0.0129. The van der Waals surface area contributed by atoms with E-state index in [-0.39, 0.29) is 5.91 Å². The molecule has 0 radical (unpaired) electrons. The molecule has 1 amide bonds. The number of rotatable bonds is 3. The van der Waals surface area contributed by atoms with Crippen LogP contribution in [0.5, 0.6) is 0 Å². The molecule has 1 heterocycles. The van der Waals surface area contributed by atoms with Gasteiger partial charge in [0.2, 0.25) is 0 Å². The highest BCUT2D eigenvalue weighted by molar-refractivity contribution is 6.30. The van der Waals surface area contributed by atoms with Crippen LogP contribution in [0.1, 0.15) is 36.0 Å². The Hall–Kier alpha value is -2.33. The van der Waals surface area contributed by atoms with Gasteiger partial charge in [-0.15, -0.1) is 0 Å². The maximum absolute atomic E-state index is 12.4. The molecule has 1 saturated carbocycles. The van der Waals surface area contributed by atoms with Crippen LogP contribution < -0.4 is 5.32 Å². The van der Waals surface area contributed by atoms with Gasteiger partial charge in [-0.2, -0.15) is 0 Å². The fourth-order valence-corrected chi connectivity index (χ4v) is 3.51. The molecule has 0 saturated heterocycles. The summed E-state index contributed by atoms with van der Waals surface area (Å²) in [6.07, 6.45) is 6.33. The first kappa shape index (κ1) is 15.2. The smallest absolute Gasteiger partial charge is 0.251 e. The minimum Gasteiger partial charge on any atom is -0.349 e. The highest BCUT2D eigenvalue weighted by Crippen LogP contribution is 2.22. The van der Waals surface area contributed by atoms with Crippen molar-refractivity contribution in [2.24, 2.45) is 0 Å². The summed E-state index contributed by atoms with van der Waals surface area (Å²) < 4.78 is 1.97. The standard InChI is InChI=1S/C19H18ClN3O/c20-14-4-3-7-16(11-14)23-12-21-17-10-13(8-9-18(17)23)19(24)22-15-5-1-2-6-15/h3-4,7-12,15H,1-2,5-6H2,(H,22,24). The van der Waals surface area contributed by atoms with E-state index in [4.69, 9.17) is 11.6 Å². The summed E-state index contributed by atoms with van der Waals surface area (Å²) in [7, 11) is 0. The average molecular weight is 340 g/mol. The summed E-state index contributed by atoms with van der Waals surface area (Å²) in [6, 6.07) is 13.6. The van der Waals surface area contributed by atoms with Gasteiger partial charge in [0.15, 0.2) is 0 Å². The summed E-state index contributed by atoms with van der Waals surface area (Å²) in [5.74, 6) is -0.0129. The molecule has 0 aliphatic heterocycles. The van der Waals surface area contributed by atoms with E-state index >= 15 is 0 Å². The lowest BCUT2D eigenvalue weighted by Crippen LogP contribution is -2.32. The topological polar surface area (TPSA) is 46.9 Å². The zero-order valence-corrected chi connectivity index (χ0v) is 14.0. The Morgan fingerprint density at radius 1 is 1.17 bits per heavy atom. The van der Waals surface area contributed by atoms with Crippen molar-refractivity contribution in [3.8, 4) is 5.69 Å². The van der Waals surface area contributed by atoms with Gasteiger partial charge in [0.25, 0.3) is 5.91 Å². The number of halogens is 1. The Labute approximate surface area is 145 Å². The van der Waals surface area contributed by atoms with Crippen molar-refractivity contribution in [2.75, 3.05) is 0 Å². The Balaban J connectivity index is 1.64. The molecule has 4 rings (SSSR count). The third-order valence-corrected chi connectivity index (χ3v) is 4.82. The Kier molecular flexibility index (Phi) is 3.98. The maximum atomic E-state index is 12.4. The Morgan fingerprint density at radius 2 is 2.00 bits per heavy atom. The second kappa shape index (κ2) is 6.29. The molecular formula is C19H18ClN3O. The molecule has 1 N–H and O–H groups in total. The van der Waals surface area contributed by atoms with E-state index in [2.05, 4.69) is 10.3 Å². The van der Waals surface area contributed by atoms with Crippen LogP contribution >= 0.6 is 11.6 Å². The minimum atomic E-state index is -0.0129. The van der Waals surface area contributed by atoms with E-state index in [1.54, 1.807) is 6.33 Å². The molecule has 2 aromatic carbocycles. The van der Waals surface area contributed by atoms with Crippen molar-refractivity contribution < 1.29 is 4.79 Å². The van der Waals surface area contributed by atoms with E-state index in [1.165, 1.54) is 12.8 Å². The lowest BCUT2D eigenvalue weighted by molar-refractivity contribution is 0.0938. The Morgan fingerprint density at radius 3 is 2.79 bits per heavy atom. The number of fused-ring (bicyclic) bond motifs is 1. The number of carbonyl (C=O) groups is 1. The molecule has 1 aromatic heterocycles. The fourth-order valence-electron chi connectivity index (χ4n) is 3.32. The van der Waals surface area contributed by atoms with Crippen molar-refractivity contribution in [2.45, 2.75) is 31.7 Å². The van der Waals surface area contributed by atoms with E-state index in [0.29, 0.717) is 16.6 Å². The van der Waals surface area contributed by atoms with Crippen molar-refractivity contribution in [3.05, 3.63) is 59.4 Å². The zero-order chi connectivity index (χ0) is 16.5. The fraction of sp³-hybridized carbons (Fsp3) is 0.263. The van der Waals surface area contributed by atoms with Crippen LogP contribution in [-0.2, 0) is 0 Å². The molecule has 5 heteroatoms. The molecule has 0 atom stereocenters. The molecule has 3 aromatic rings. The summed E-state index contributed by atoms with van der Waals surface area (Å²) in [5.41, 5.74) is 3.36. The second-order valence-electron chi connectivity index (χ2n) is 6.25. The summed E-state index contributed by atoms with van der Waals surface area (Å²) >= 11 is 6.07. The summed E-state index contributed by atoms with van der Waals surface area (Å²) in [4.78, 5) is 16.8. The van der Waals surface area contributed by atoms with Crippen molar-refractivity contribution in [1.82, 2.24) is 14.9 Å². The maximum Gasteiger partial charge on any atom is 0.251 e. The monoisotopic (exact) mass is 339 g/mol. The normalized spacial score (nSPS) is 15.0. The van der Waals surface area contributed by atoms with Gasteiger partial charge in [-0.1, -0.05) is 30.5 Å². The van der Waals surface area contributed by atoms with Crippen molar-refractivity contribution in [3.63, 3.8) is 0 Å². The molecule has 0 bridgehead atoms. The zero-order valence-electron chi connectivity index (χ0n) is 13.2. The average Bonchev–Trinajstić information content (AvgIpc) is 3.23. The molecule has 0 spiro atoms. The van der Waals surface area contributed by atoms with Crippen LogP contribution in [0.15, 0.2) is 48.8 Å². The third kappa shape index (κ3) is 2.89. The lowest BCUT2D eigenvalue weighted by atomic mass is 10.1. The molecule has 1 fully saturated rings. The van der Waals surface area contributed by atoms with Gasteiger partial charge in [-0.25, -0.2) is 4.98 Å². The quantitative estimate of drug-likeness (QED) is 0.771. The number of aromatic nitrogens is 2. The van der Waals surface area contributed by atoms with E-state index < -0.39 is 0 Å². The SMILES string of the molecule is O=C(NC1CCCC1)c1ccc2c(c1)ncn2-c1cccc(Cl)c1. The van der Waals surface area contributed by atoms with Gasteiger partial charge in [-0.3, -0.25) is 9.36 Å². The van der Waals surface area contributed by atoms with Crippen LogP contribution in [0, 0.1) is 0 Å². The van der Waals surface area contributed by atoms with E-state index in [9.17, 15) is 4.79 Å². The van der Waals surface area contributed by atoms with Gasteiger partial charge in [-0.05, 0) is 49.2 Å². The first-order valence-corrected chi connectivity index (χ1v) is 8.62. The Bertz CT molecular complexity index is 897. The number of carbonyl (C=O) groups excluding carboxylic acids is 1. The molecule has 1 aliphatic carbocycles. The molecule has 4 nitrogen and oxygen atoms in total.